The number of alkyl halides is 3. The number of halogens is 3. The van der Waals surface area contributed by atoms with E-state index < -0.39 is 52.2 Å². The van der Waals surface area contributed by atoms with Crippen molar-refractivity contribution in [3.8, 4) is 12.1 Å². The van der Waals surface area contributed by atoms with Crippen molar-refractivity contribution >= 4 is 17.5 Å². The number of nitrogens with zero attached hydrogens (tertiary/aromatic N) is 3. The maximum absolute atomic E-state index is 13.8. The first-order valence-electron chi connectivity index (χ1n) is 12.3. The number of anilines is 1. The summed E-state index contributed by atoms with van der Waals surface area (Å²) in [6.07, 6.45) is -3.23. The molecule has 3 saturated heterocycles. The van der Waals surface area contributed by atoms with Crippen LogP contribution in [0.15, 0.2) is 48.5 Å². The Hall–Kier alpha value is -3.73. The topological polar surface area (TPSA) is 103 Å². The molecule has 2 aromatic carbocycles. The Bertz CT molecular complexity index is 1350. The normalized spacial score (nSPS) is 27.9. The van der Waals surface area contributed by atoms with E-state index in [1.165, 1.54) is 12.1 Å². The summed E-state index contributed by atoms with van der Waals surface area (Å²) in [7, 11) is 0. The minimum absolute atomic E-state index is 0.111. The number of carbonyl (C=O) groups is 2. The molecule has 0 aliphatic carbocycles. The minimum Gasteiger partial charge on any atom is -0.377 e. The summed E-state index contributed by atoms with van der Waals surface area (Å²) in [6, 6.07) is 15.9. The summed E-state index contributed by atoms with van der Waals surface area (Å²) in [5.41, 5.74) is -3.12. The lowest BCUT2D eigenvalue weighted by Gasteiger charge is -2.31. The lowest BCUT2D eigenvalue weighted by molar-refractivity contribution is -0.138. The molecule has 5 rings (SSSR count). The second-order valence-electron chi connectivity index (χ2n) is 9.98. The molecule has 38 heavy (non-hydrogen) atoms. The van der Waals surface area contributed by atoms with E-state index in [0.29, 0.717) is 31.9 Å². The van der Waals surface area contributed by atoms with Crippen LogP contribution in [0.5, 0.6) is 0 Å². The van der Waals surface area contributed by atoms with Crippen LogP contribution in [0.3, 0.4) is 0 Å². The van der Waals surface area contributed by atoms with Gasteiger partial charge in [-0.15, -0.1) is 0 Å². The van der Waals surface area contributed by atoms with Crippen LogP contribution in [0.2, 0.25) is 0 Å². The number of fused-ring (bicyclic) bond motifs is 5. The number of carbonyl (C=O) groups excluding carboxylic acids is 2. The molecule has 4 atom stereocenters. The van der Waals surface area contributed by atoms with Crippen molar-refractivity contribution in [3.05, 3.63) is 65.2 Å². The zero-order chi connectivity index (χ0) is 27.1. The first-order valence-corrected chi connectivity index (χ1v) is 12.3. The number of rotatable bonds is 8. The van der Waals surface area contributed by atoms with E-state index in [4.69, 9.17) is 14.7 Å². The summed E-state index contributed by atoms with van der Waals surface area (Å²) in [5.74, 6) is -3.06. The van der Waals surface area contributed by atoms with Gasteiger partial charge in [-0.2, -0.15) is 23.7 Å². The lowest BCUT2D eigenvalue weighted by atomic mass is 9.65. The second-order valence-corrected chi connectivity index (χ2v) is 9.98. The second kappa shape index (κ2) is 9.54. The van der Waals surface area contributed by atoms with Gasteiger partial charge in [-0.05, 0) is 43.0 Å². The highest BCUT2D eigenvalue weighted by Gasteiger charge is 2.75. The minimum atomic E-state index is -4.84. The Labute approximate surface area is 217 Å². The van der Waals surface area contributed by atoms with Gasteiger partial charge in [-0.3, -0.25) is 9.59 Å². The molecule has 3 fully saturated rings. The van der Waals surface area contributed by atoms with Crippen LogP contribution in [0.25, 0.3) is 0 Å². The average Bonchev–Trinajstić information content (AvgIpc) is 3.51. The van der Waals surface area contributed by atoms with Crippen LogP contribution in [0.1, 0.15) is 48.8 Å². The van der Waals surface area contributed by atoms with Gasteiger partial charge in [0, 0.05) is 19.4 Å². The number of imide groups is 1. The van der Waals surface area contributed by atoms with E-state index in [-0.39, 0.29) is 25.1 Å². The number of benzene rings is 2. The Kier molecular flexibility index (Phi) is 6.50. The van der Waals surface area contributed by atoms with Crippen LogP contribution in [0.4, 0.5) is 18.9 Å². The molecule has 3 heterocycles. The third-order valence-corrected chi connectivity index (χ3v) is 7.95. The van der Waals surface area contributed by atoms with E-state index in [9.17, 15) is 28.0 Å². The molecular weight excluding hydrogens is 499 g/mol. The Balaban J connectivity index is 1.45. The molecule has 196 valence electrons. The van der Waals surface area contributed by atoms with E-state index in [1.54, 1.807) is 0 Å². The fourth-order valence-corrected chi connectivity index (χ4v) is 6.30. The van der Waals surface area contributed by atoms with Crippen LogP contribution in [-0.2, 0) is 31.8 Å². The number of hydrogen-bond acceptors (Lipinski definition) is 6. The van der Waals surface area contributed by atoms with Crippen molar-refractivity contribution in [1.29, 1.82) is 10.5 Å². The molecule has 2 unspecified atom stereocenters. The quantitative estimate of drug-likeness (QED) is 0.360. The molecule has 2 amide bonds. The van der Waals surface area contributed by atoms with E-state index >= 15 is 0 Å². The third kappa shape index (κ3) is 4.14. The maximum atomic E-state index is 13.8. The Morgan fingerprint density at radius 1 is 1.00 bits per heavy atom. The van der Waals surface area contributed by atoms with Crippen molar-refractivity contribution in [1.82, 2.24) is 0 Å². The molecule has 3 aliphatic heterocycles. The molecule has 2 aromatic rings. The summed E-state index contributed by atoms with van der Waals surface area (Å²) in [4.78, 5) is 28.3. The fourth-order valence-electron chi connectivity index (χ4n) is 6.30. The molecule has 0 saturated carbocycles. The first-order chi connectivity index (χ1) is 18.2. The van der Waals surface area contributed by atoms with Crippen molar-refractivity contribution < 1.29 is 32.2 Å². The van der Waals surface area contributed by atoms with E-state index in [2.05, 4.69) is 6.07 Å². The smallest absolute Gasteiger partial charge is 0.377 e. The lowest BCUT2D eigenvalue weighted by Crippen LogP contribution is -2.43. The molecule has 7 nitrogen and oxygen atoms in total. The van der Waals surface area contributed by atoms with Gasteiger partial charge >= 0.3 is 6.18 Å². The van der Waals surface area contributed by atoms with Crippen molar-refractivity contribution in [3.63, 3.8) is 0 Å². The maximum Gasteiger partial charge on any atom is 0.417 e. The Morgan fingerprint density at radius 3 is 2.26 bits per heavy atom. The average molecular weight is 524 g/mol. The molecule has 0 spiro atoms. The third-order valence-electron chi connectivity index (χ3n) is 7.95. The van der Waals surface area contributed by atoms with Gasteiger partial charge in [-0.1, -0.05) is 30.3 Å². The summed E-state index contributed by atoms with van der Waals surface area (Å²) in [6.45, 7) is 0.609. The van der Waals surface area contributed by atoms with E-state index in [0.717, 1.165) is 16.5 Å². The van der Waals surface area contributed by atoms with Crippen molar-refractivity contribution in [2.24, 2.45) is 11.8 Å². The Morgan fingerprint density at radius 2 is 1.66 bits per heavy atom. The zero-order valence-corrected chi connectivity index (χ0v) is 20.3. The van der Waals surface area contributed by atoms with Crippen LogP contribution in [-0.4, -0.2) is 29.6 Å². The van der Waals surface area contributed by atoms with Gasteiger partial charge in [0.1, 0.15) is 0 Å². The van der Waals surface area contributed by atoms with Gasteiger partial charge in [0.05, 0.1) is 58.6 Å². The standard InChI is InChI=1S/C28H24F3N3O4/c29-28(30,31)21-15-20(8-7-19(21)16-33)34-24(35)22-23(25(34)36)27(11-10-26(22,38-27)9-4-13-32)12-14-37-17-18-5-2-1-3-6-18/h1-3,5-8,15,22-23H,4,9-12,14,17H2/t22-,23+,26?,27?/m1/s1. The number of amides is 2. The van der Waals surface area contributed by atoms with Crippen molar-refractivity contribution in [2.75, 3.05) is 11.5 Å². The zero-order valence-electron chi connectivity index (χ0n) is 20.3. The summed E-state index contributed by atoms with van der Waals surface area (Å²) in [5, 5.41) is 18.3. The number of ether oxygens (including phenoxy) is 2. The molecule has 0 N–H and O–H groups in total. The summed E-state index contributed by atoms with van der Waals surface area (Å²) < 4.78 is 53.2. The molecule has 0 aromatic heterocycles. The van der Waals surface area contributed by atoms with E-state index in [1.807, 2.05) is 30.3 Å². The molecular formula is C28H24F3N3O4. The predicted molar refractivity (Wildman–Crippen MR) is 127 cm³/mol. The van der Waals surface area contributed by atoms with Gasteiger partial charge in [0.15, 0.2) is 0 Å². The van der Waals surface area contributed by atoms with Gasteiger partial charge < -0.3 is 9.47 Å². The highest BCUT2D eigenvalue weighted by molar-refractivity contribution is 6.23. The fraction of sp³-hybridized carbons (Fsp3) is 0.429. The number of nitriles is 2. The largest absolute Gasteiger partial charge is 0.417 e. The number of hydrogen-bond donors (Lipinski definition) is 0. The monoisotopic (exact) mass is 523 g/mol. The molecule has 10 heteroatoms. The van der Waals surface area contributed by atoms with Crippen LogP contribution < -0.4 is 4.90 Å². The predicted octanol–water partition coefficient (Wildman–Crippen LogP) is 4.89. The van der Waals surface area contributed by atoms with Crippen LogP contribution >= 0.6 is 0 Å². The van der Waals surface area contributed by atoms with Gasteiger partial charge in [-0.25, -0.2) is 4.90 Å². The molecule has 0 radical (unpaired) electrons. The summed E-state index contributed by atoms with van der Waals surface area (Å²) >= 11 is 0. The molecule has 2 bridgehead atoms. The van der Waals surface area contributed by atoms with Crippen LogP contribution in [0, 0.1) is 34.5 Å². The van der Waals surface area contributed by atoms with Crippen molar-refractivity contribution in [2.45, 2.75) is 56.1 Å². The van der Waals surface area contributed by atoms with Gasteiger partial charge in [0.2, 0.25) is 11.8 Å². The highest BCUT2D eigenvalue weighted by Crippen LogP contribution is 2.64. The first kappa shape index (κ1) is 25.9. The highest BCUT2D eigenvalue weighted by atomic mass is 19.4. The molecule has 3 aliphatic rings. The SMILES string of the molecule is N#CCCC12CCC(CCOCc3ccccc3)(O1)[C@@H]1C(=O)N(c3ccc(C#N)c(C(F)(F)F)c3)C(=O)[C@@H]12. The van der Waals surface area contributed by atoms with Gasteiger partial charge in [0.25, 0.3) is 0 Å².